The van der Waals surface area contributed by atoms with Crippen LogP contribution >= 0.6 is 0 Å². The van der Waals surface area contributed by atoms with Gasteiger partial charge in [-0.1, -0.05) is 18.6 Å². The van der Waals surface area contributed by atoms with Gasteiger partial charge < -0.3 is 9.80 Å². The Morgan fingerprint density at radius 3 is 2.78 bits per heavy atom. The van der Waals surface area contributed by atoms with E-state index in [1.165, 1.54) is 37.9 Å². The van der Waals surface area contributed by atoms with Crippen molar-refractivity contribution in [1.82, 2.24) is 9.80 Å². The normalized spacial score (nSPS) is 28.7. The van der Waals surface area contributed by atoms with Gasteiger partial charge in [0.2, 0.25) is 5.91 Å². The summed E-state index contributed by atoms with van der Waals surface area (Å²) in [6.07, 6.45) is 6.07. The largest absolute Gasteiger partial charge is 0.338 e. The third-order valence-corrected chi connectivity index (χ3v) is 6.04. The molecule has 3 fully saturated rings. The number of hydrogen-bond acceptors (Lipinski definition) is 2. The van der Waals surface area contributed by atoms with Crippen molar-refractivity contribution in [2.45, 2.75) is 38.6 Å². The second-order valence-electron chi connectivity index (χ2n) is 7.67. The van der Waals surface area contributed by atoms with E-state index >= 15 is 0 Å². The summed E-state index contributed by atoms with van der Waals surface area (Å²) in [6, 6.07) is 6.61. The topological polar surface area (TPSA) is 23.6 Å². The molecule has 0 unspecified atom stereocenters. The highest BCUT2D eigenvalue weighted by molar-refractivity contribution is 5.85. The van der Waals surface area contributed by atoms with Gasteiger partial charge in [-0.05, 0) is 55.8 Å². The van der Waals surface area contributed by atoms with E-state index in [4.69, 9.17) is 0 Å². The molecule has 0 N–H and O–H groups in total. The van der Waals surface area contributed by atoms with E-state index < -0.39 is 0 Å². The van der Waals surface area contributed by atoms with Crippen LogP contribution in [0.25, 0.3) is 0 Å². The summed E-state index contributed by atoms with van der Waals surface area (Å²) in [6.45, 7) is 4.53. The molecule has 1 atom stereocenters. The van der Waals surface area contributed by atoms with Crippen molar-refractivity contribution in [1.29, 1.82) is 0 Å². The summed E-state index contributed by atoms with van der Waals surface area (Å²) >= 11 is 0. The maximum absolute atomic E-state index is 13.3. The summed E-state index contributed by atoms with van der Waals surface area (Å²) in [5.41, 5.74) is 0.733. The molecule has 0 aromatic heterocycles. The van der Waals surface area contributed by atoms with Gasteiger partial charge in [-0.2, -0.15) is 0 Å². The molecule has 4 heteroatoms. The average molecular weight is 316 g/mol. The first kappa shape index (κ1) is 15.1. The summed E-state index contributed by atoms with van der Waals surface area (Å²) < 4.78 is 13.3. The minimum atomic E-state index is -0.226. The van der Waals surface area contributed by atoms with Gasteiger partial charge in [-0.15, -0.1) is 0 Å². The smallest absolute Gasteiger partial charge is 0.230 e. The Hall–Kier alpha value is -1.42. The standard InChI is InChI=1S/C19H25FN2O/c20-17-6-2-5-16(11-17)13-22-10-8-19(18(22)23)7-9-21(14-19)12-15-3-1-4-15/h2,5-6,11,15H,1,3-4,7-10,12-14H2/t19-/m0/s1. The Morgan fingerprint density at radius 1 is 1.22 bits per heavy atom. The highest BCUT2D eigenvalue weighted by Crippen LogP contribution is 2.42. The zero-order valence-corrected chi connectivity index (χ0v) is 13.6. The highest BCUT2D eigenvalue weighted by Gasteiger charge is 2.50. The van der Waals surface area contributed by atoms with Gasteiger partial charge in [0.15, 0.2) is 0 Å². The molecule has 1 saturated carbocycles. The molecule has 1 aromatic carbocycles. The number of amides is 1. The van der Waals surface area contributed by atoms with Gasteiger partial charge in [0.25, 0.3) is 0 Å². The van der Waals surface area contributed by atoms with Crippen molar-refractivity contribution >= 4 is 5.91 Å². The van der Waals surface area contributed by atoms with Crippen molar-refractivity contribution in [3.05, 3.63) is 35.6 Å². The number of benzene rings is 1. The number of carbonyl (C=O) groups excluding carboxylic acids is 1. The molecule has 2 saturated heterocycles. The van der Waals surface area contributed by atoms with E-state index in [1.54, 1.807) is 6.07 Å². The molecule has 0 radical (unpaired) electrons. The number of hydrogen-bond donors (Lipinski definition) is 0. The van der Waals surface area contributed by atoms with Crippen molar-refractivity contribution in [3.63, 3.8) is 0 Å². The Morgan fingerprint density at radius 2 is 2.04 bits per heavy atom. The molecule has 1 aliphatic carbocycles. The maximum Gasteiger partial charge on any atom is 0.230 e. The molecule has 1 spiro atoms. The lowest BCUT2D eigenvalue weighted by molar-refractivity contribution is -0.136. The van der Waals surface area contributed by atoms with Gasteiger partial charge in [-0.25, -0.2) is 4.39 Å². The molecule has 1 aromatic rings. The number of rotatable bonds is 4. The van der Waals surface area contributed by atoms with Crippen LogP contribution in [-0.4, -0.2) is 41.9 Å². The lowest BCUT2D eigenvalue weighted by atomic mass is 9.84. The minimum absolute atomic E-state index is 0.156. The monoisotopic (exact) mass is 316 g/mol. The molecule has 124 valence electrons. The first-order valence-electron chi connectivity index (χ1n) is 8.91. The fourth-order valence-electron chi connectivity index (χ4n) is 4.43. The first-order chi connectivity index (χ1) is 11.1. The Bertz CT molecular complexity index is 601. The predicted octanol–water partition coefficient (Wildman–Crippen LogP) is 3.05. The van der Waals surface area contributed by atoms with Crippen molar-refractivity contribution < 1.29 is 9.18 Å². The zero-order chi connectivity index (χ0) is 15.9. The SMILES string of the molecule is O=C1N(Cc2cccc(F)c2)CC[C@]12CCN(CC1CCC1)C2. The fraction of sp³-hybridized carbons (Fsp3) is 0.632. The molecule has 0 bridgehead atoms. The van der Waals surface area contributed by atoms with Gasteiger partial charge in [0, 0.05) is 26.2 Å². The quantitative estimate of drug-likeness (QED) is 0.852. The van der Waals surface area contributed by atoms with Gasteiger partial charge in [0.1, 0.15) is 5.82 Å². The van der Waals surface area contributed by atoms with E-state index in [0.29, 0.717) is 6.54 Å². The summed E-state index contributed by atoms with van der Waals surface area (Å²) in [4.78, 5) is 17.4. The maximum atomic E-state index is 13.3. The second kappa shape index (κ2) is 5.90. The lowest BCUT2D eigenvalue weighted by Gasteiger charge is -2.31. The van der Waals surface area contributed by atoms with Crippen LogP contribution in [0.4, 0.5) is 4.39 Å². The van der Waals surface area contributed by atoms with E-state index in [9.17, 15) is 9.18 Å². The molecule has 4 rings (SSSR count). The van der Waals surface area contributed by atoms with Crippen LogP contribution < -0.4 is 0 Å². The Labute approximate surface area is 137 Å². The highest BCUT2D eigenvalue weighted by atomic mass is 19.1. The molecule has 3 nitrogen and oxygen atoms in total. The van der Waals surface area contributed by atoms with Crippen LogP contribution in [0.1, 0.15) is 37.7 Å². The molecule has 2 heterocycles. The average Bonchev–Trinajstić information content (AvgIpc) is 3.03. The van der Waals surface area contributed by atoms with Crippen molar-refractivity contribution in [3.8, 4) is 0 Å². The van der Waals surface area contributed by atoms with Crippen LogP contribution in [0.15, 0.2) is 24.3 Å². The lowest BCUT2D eigenvalue weighted by Crippen LogP contribution is -2.38. The summed E-state index contributed by atoms with van der Waals surface area (Å²) in [5, 5.41) is 0. The number of carbonyl (C=O) groups is 1. The molecule has 3 aliphatic rings. The van der Waals surface area contributed by atoms with E-state index in [0.717, 1.165) is 44.0 Å². The Balaban J connectivity index is 1.39. The van der Waals surface area contributed by atoms with Crippen LogP contribution in [-0.2, 0) is 11.3 Å². The number of halogens is 1. The Kier molecular flexibility index (Phi) is 3.88. The molecule has 1 amide bonds. The minimum Gasteiger partial charge on any atom is -0.338 e. The van der Waals surface area contributed by atoms with Crippen LogP contribution in [0.3, 0.4) is 0 Å². The van der Waals surface area contributed by atoms with Gasteiger partial charge in [-0.3, -0.25) is 4.79 Å². The van der Waals surface area contributed by atoms with Gasteiger partial charge in [0.05, 0.1) is 5.41 Å². The predicted molar refractivity (Wildman–Crippen MR) is 87.3 cm³/mol. The van der Waals surface area contributed by atoms with Gasteiger partial charge >= 0.3 is 0 Å². The van der Waals surface area contributed by atoms with Crippen molar-refractivity contribution in [2.75, 3.05) is 26.2 Å². The molecule has 23 heavy (non-hydrogen) atoms. The molecular formula is C19H25FN2O. The first-order valence-corrected chi connectivity index (χ1v) is 8.91. The molecular weight excluding hydrogens is 291 g/mol. The van der Waals surface area contributed by atoms with E-state index in [-0.39, 0.29) is 17.1 Å². The van der Waals surface area contributed by atoms with Crippen molar-refractivity contribution in [2.24, 2.45) is 11.3 Å². The van der Waals surface area contributed by atoms with E-state index in [2.05, 4.69) is 4.90 Å². The summed E-state index contributed by atoms with van der Waals surface area (Å²) in [5.74, 6) is 0.930. The molecule has 2 aliphatic heterocycles. The van der Waals surface area contributed by atoms with Crippen LogP contribution in [0.5, 0.6) is 0 Å². The number of likely N-dealkylation sites (tertiary alicyclic amines) is 2. The van der Waals surface area contributed by atoms with Crippen LogP contribution in [0.2, 0.25) is 0 Å². The van der Waals surface area contributed by atoms with Crippen LogP contribution in [0, 0.1) is 17.2 Å². The third kappa shape index (κ3) is 2.89. The summed E-state index contributed by atoms with van der Waals surface area (Å²) in [7, 11) is 0. The van der Waals surface area contributed by atoms with E-state index in [1.807, 2.05) is 11.0 Å². The third-order valence-electron chi connectivity index (χ3n) is 6.04. The number of nitrogens with zero attached hydrogens (tertiary/aromatic N) is 2. The fourth-order valence-corrected chi connectivity index (χ4v) is 4.43. The second-order valence-corrected chi connectivity index (χ2v) is 7.67. The zero-order valence-electron chi connectivity index (χ0n) is 13.6.